The highest BCUT2D eigenvalue weighted by Gasteiger charge is 2.43. The molecule has 0 spiro atoms. The van der Waals surface area contributed by atoms with Gasteiger partial charge in [0.1, 0.15) is 0 Å². The quantitative estimate of drug-likeness (QED) is 0.835. The molecule has 2 atom stereocenters. The second-order valence-corrected chi connectivity index (χ2v) is 6.76. The Hall–Kier alpha value is -1.11. The van der Waals surface area contributed by atoms with E-state index in [9.17, 15) is 13.2 Å². The highest BCUT2D eigenvalue weighted by atomic mass is 19.4. The number of hydrogen-bond acceptors (Lipinski definition) is 4. The van der Waals surface area contributed by atoms with E-state index in [4.69, 9.17) is 4.52 Å². The maximum absolute atomic E-state index is 12.9. The summed E-state index contributed by atoms with van der Waals surface area (Å²) in [5.41, 5.74) is -0.238. The molecule has 1 saturated heterocycles. The number of hydrogen-bond donors (Lipinski definition) is 0. The molecule has 0 aliphatic carbocycles. The van der Waals surface area contributed by atoms with Crippen LogP contribution in [-0.4, -0.2) is 34.3 Å². The topological polar surface area (TPSA) is 42.2 Å². The van der Waals surface area contributed by atoms with Gasteiger partial charge < -0.3 is 4.52 Å². The monoisotopic (exact) mass is 305 g/mol. The molecule has 0 amide bonds. The minimum Gasteiger partial charge on any atom is -0.338 e. The molecule has 0 radical (unpaired) electrons. The fraction of sp³-hybridized carbons (Fsp3) is 0.857. The lowest BCUT2D eigenvalue weighted by atomic mass is 9.95. The van der Waals surface area contributed by atoms with Crippen molar-refractivity contribution in [2.45, 2.75) is 58.2 Å². The molecular weight excluding hydrogens is 283 g/mol. The number of rotatable bonds is 2. The molecule has 1 aliphatic rings. The second kappa shape index (κ2) is 5.59. The van der Waals surface area contributed by atoms with Gasteiger partial charge in [0.2, 0.25) is 5.89 Å². The van der Waals surface area contributed by atoms with E-state index in [-0.39, 0.29) is 24.4 Å². The van der Waals surface area contributed by atoms with Gasteiger partial charge in [-0.25, -0.2) is 0 Å². The van der Waals surface area contributed by atoms with Gasteiger partial charge in [0.15, 0.2) is 5.82 Å². The zero-order valence-electron chi connectivity index (χ0n) is 12.9. The van der Waals surface area contributed by atoms with Crippen molar-refractivity contribution in [2.24, 2.45) is 5.92 Å². The average Bonchev–Trinajstić information content (AvgIpc) is 2.86. The van der Waals surface area contributed by atoms with Gasteiger partial charge >= 0.3 is 6.18 Å². The van der Waals surface area contributed by atoms with E-state index in [1.807, 2.05) is 27.7 Å². The molecule has 0 N–H and O–H groups in total. The van der Waals surface area contributed by atoms with E-state index in [2.05, 4.69) is 10.1 Å². The summed E-state index contributed by atoms with van der Waals surface area (Å²) in [5.74, 6) is -0.296. The maximum atomic E-state index is 12.9. The third-order valence-corrected chi connectivity index (χ3v) is 3.93. The Morgan fingerprint density at radius 2 is 1.95 bits per heavy atom. The third kappa shape index (κ3) is 3.75. The molecule has 1 aromatic rings. The Kier molecular flexibility index (Phi) is 4.33. The molecule has 1 fully saturated rings. The molecule has 0 aromatic carbocycles. The van der Waals surface area contributed by atoms with Crippen molar-refractivity contribution in [3.8, 4) is 0 Å². The largest absolute Gasteiger partial charge is 0.393 e. The number of piperidine rings is 1. The Balaban J connectivity index is 2.09. The number of halogens is 3. The lowest BCUT2D eigenvalue weighted by Crippen LogP contribution is -2.42. The average molecular weight is 305 g/mol. The Morgan fingerprint density at radius 3 is 2.48 bits per heavy atom. The number of aromatic nitrogens is 2. The lowest BCUT2D eigenvalue weighted by Gasteiger charge is -2.36. The van der Waals surface area contributed by atoms with Gasteiger partial charge in [-0.3, -0.25) is 4.90 Å². The van der Waals surface area contributed by atoms with Crippen molar-refractivity contribution in [2.75, 3.05) is 13.1 Å². The highest BCUT2D eigenvalue weighted by molar-refractivity contribution is 5.02. The molecular formula is C14H22F3N3O. The van der Waals surface area contributed by atoms with E-state index in [0.717, 1.165) is 0 Å². The molecule has 1 aliphatic heterocycles. The number of alkyl halides is 3. The summed E-state index contributed by atoms with van der Waals surface area (Å²) >= 11 is 0. The van der Waals surface area contributed by atoms with Crippen LogP contribution in [0.25, 0.3) is 0 Å². The molecule has 0 bridgehead atoms. The fourth-order valence-corrected chi connectivity index (χ4v) is 2.49. The first kappa shape index (κ1) is 16.3. The standard InChI is InChI=1S/C14H22F3N3O/c1-9(11-18-12(19-21-11)13(2,3)4)20-7-5-6-10(8-20)14(15,16)17/h9-10H,5-8H2,1-4H3/t9-,10+/m0/s1. The van der Waals surface area contributed by atoms with E-state index < -0.39 is 12.1 Å². The normalized spacial score (nSPS) is 23.3. The number of nitrogens with zero attached hydrogens (tertiary/aromatic N) is 3. The summed E-state index contributed by atoms with van der Waals surface area (Å²) in [5, 5.41) is 3.94. The van der Waals surface area contributed by atoms with Crippen LogP contribution in [0.1, 0.15) is 58.3 Å². The lowest BCUT2D eigenvalue weighted by molar-refractivity contribution is -0.188. The van der Waals surface area contributed by atoms with E-state index >= 15 is 0 Å². The SMILES string of the molecule is C[C@@H](c1nc(C(C)(C)C)no1)N1CCC[C@@H](C(F)(F)F)C1. The molecule has 4 nitrogen and oxygen atoms in total. The van der Waals surface area contributed by atoms with Gasteiger partial charge in [-0.05, 0) is 26.3 Å². The summed E-state index contributed by atoms with van der Waals surface area (Å²) in [4.78, 5) is 6.12. The van der Waals surface area contributed by atoms with Crippen molar-refractivity contribution >= 4 is 0 Å². The summed E-state index contributed by atoms with van der Waals surface area (Å²) in [6.07, 6.45) is -3.40. The molecule has 0 saturated carbocycles. The Labute approximate surface area is 122 Å². The summed E-state index contributed by atoms with van der Waals surface area (Å²) in [6.45, 7) is 8.34. The molecule has 2 heterocycles. The Morgan fingerprint density at radius 1 is 1.29 bits per heavy atom. The van der Waals surface area contributed by atoms with Gasteiger partial charge in [-0.1, -0.05) is 25.9 Å². The summed E-state index contributed by atoms with van der Waals surface area (Å²) in [7, 11) is 0. The summed E-state index contributed by atoms with van der Waals surface area (Å²) in [6, 6.07) is -0.293. The van der Waals surface area contributed by atoms with E-state index in [1.54, 1.807) is 4.90 Å². The van der Waals surface area contributed by atoms with Gasteiger partial charge in [0.25, 0.3) is 0 Å². The smallest absolute Gasteiger partial charge is 0.338 e. The fourth-order valence-electron chi connectivity index (χ4n) is 2.49. The second-order valence-electron chi connectivity index (χ2n) is 6.76. The molecule has 120 valence electrons. The minimum absolute atomic E-state index is 0.00209. The number of likely N-dealkylation sites (tertiary alicyclic amines) is 1. The van der Waals surface area contributed by atoms with Gasteiger partial charge in [-0.15, -0.1) is 0 Å². The van der Waals surface area contributed by atoms with Crippen molar-refractivity contribution in [3.05, 3.63) is 11.7 Å². The van der Waals surface area contributed by atoms with Crippen LogP contribution in [0.5, 0.6) is 0 Å². The van der Waals surface area contributed by atoms with Crippen LogP contribution in [0.4, 0.5) is 13.2 Å². The van der Waals surface area contributed by atoms with Crippen LogP contribution in [0.3, 0.4) is 0 Å². The highest BCUT2D eigenvalue weighted by Crippen LogP contribution is 2.35. The van der Waals surface area contributed by atoms with Gasteiger partial charge in [-0.2, -0.15) is 18.2 Å². The predicted molar refractivity (Wildman–Crippen MR) is 71.8 cm³/mol. The minimum atomic E-state index is -4.14. The van der Waals surface area contributed by atoms with Crippen molar-refractivity contribution < 1.29 is 17.7 Å². The summed E-state index contributed by atoms with van der Waals surface area (Å²) < 4.78 is 43.8. The maximum Gasteiger partial charge on any atom is 0.393 e. The zero-order valence-corrected chi connectivity index (χ0v) is 12.9. The van der Waals surface area contributed by atoms with Crippen LogP contribution < -0.4 is 0 Å². The third-order valence-electron chi connectivity index (χ3n) is 3.93. The Bertz CT molecular complexity index is 479. The van der Waals surface area contributed by atoms with Crippen LogP contribution in [0.2, 0.25) is 0 Å². The van der Waals surface area contributed by atoms with Crippen LogP contribution >= 0.6 is 0 Å². The molecule has 2 rings (SSSR count). The van der Waals surface area contributed by atoms with E-state index in [1.165, 1.54) is 0 Å². The van der Waals surface area contributed by atoms with Crippen molar-refractivity contribution in [1.82, 2.24) is 15.0 Å². The molecule has 0 unspecified atom stereocenters. The zero-order chi connectivity index (χ0) is 15.8. The van der Waals surface area contributed by atoms with Crippen LogP contribution in [-0.2, 0) is 5.41 Å². The van der Waals surface area contributed by atoms with Crippen molar-refractivity contribution in [3.63, 3.8) is 0 Å². The molecule has 7 heteroatoms. The van der Waals surface area contributed by atoms with Gasteiger partial charge in [0, 0.05) is 12.0 Å². The van der Waals surface area contributed by atoms with Crippen LogP contribution in [0, 0.1) is 5.92 Å². The van der Waals surface area contributed by atoms with Crippen LogP contribution in [0.15, 0.2) is 4.52 Å². The first-order valence-corrected chi connectivity index (χ1v) is 7.24. The van der Waals surface area contributed by atoms with E-state index in [0.29, 0.717) is 24.7 Å². The van der Waals surface area contributed by atoms with Gasteiger partial charge in [0.05, 0.1) is 12.0 Å². The predicted octanol–water partition coefficient (Wildman–Crippen LogP) is 3.70. The molecule has 21 heavy (non-hydrogen) atoms. The molecule has 1 aromatic heterocycles. The first-order chi connectivity index (χ1) is 9.59. The van der Waals surface area contributed by atoms with Crippen molar-refractivity contribution in [1.29, 1.82) is 0 Å². The first-order valence-electron chi connectivity index (χ1n) is 7.24.